The number of aromatic nitrogens is 2. The molecular weight excluding hydrogens is 619 g/mol. The molecule has 1 aromatic heterocycles. The minimum absolute atomic E-state index is 0.0732. The van der Waals surface area contributed by atoms with Gasteiger partial charge in [-0.15, -0.1) is 0 Å². The Morgan fingerprint density at radius 2 is 1.77 bits per heavy atom. The lowest BCUT2D eigenvalue weighted by molar-refractivity contribution is -0.0966. The SMILES string of the molecule is Cc1c(I)c(N2CC[C@@H](CN3CC4C3CCN4C3COC3)CC2(C)C)nn1C1CCN(C(=O)OC(C)(C)C)CC1. The number of anilines is 1. The summed E-state index contributed by atoms with van der Waals surface area (Å²) in [6.45, 7) is 20.9. The van der Waals surface area contributed by atoms with Crippen LogP contribution in [0.2, 0.25) is 0 Å². The fraction of sp³-hybridized carbons (Fsp3) is 0.867. The van der Waals surface area contributed by atoms with Gasteiger partial charge in [-0.3, -0.25) is 14.5 Å². The highest BCUT2D eigenvalue weighted by atomic mass is 127. The van der Waals surface area contributed by atoms with Crippen molar-refractivity contribution in [3.8, 4) is 0 Å². The first-order valence-corrected chi connectivity index (χ1v) is 16.6. The molecule has 10 heteroatoms. The summed E-state index contributed by atoms with van der Waals surface area (Å²) < 4.78 is 14.6. The van der Waals surface area contributed by atoms with Crippen LogP contribution in [0.1, 0.15) is 78.5 Å². The van der Waals surface area contributed by atoms with E-state index in [1.165, 1.54) is 48.2 Å². The highest BCUT2D eigenvalue weighted by Crippen LogP contribution is 2.41. The van der Waals surface area contributed by atoms with E-state index >= 15 is 0 Å². The van der Waals surface area contributed by atoms with Crippen LogP contribution in [0.4, 0.5) is 10.6 Å². The quantitative estimate of drug-likeness (QED) is 0.428. The van der Waals surface area contributed by atoms with Crippen LogP contribution in [0.5, 0.6) is 0 Å². The molecule has 1 amide bonds. The third kappa shape index (κ3) is 5.51. The molecule has 0 spiro atoms. The highest BCUT2D eigenvalue weighted by molar-refractivity contribution is 14.1. The van der Waals surface area contributed by atoms with Gasteiger partial charge in [0.05, 0.1) is 34.6 Å². The number of likely N-dealkylation sites (tertiary alicyclic amines) is 3. The van der Waals surface area contributed by atoms with Gasteiger partial charge in [-0.25, -0.2) is 4.79 Å². The number of hydrogen-bond donors (Lipinski definition) is 0. The number of halogens is 1. The van der Waals surface area contributed by atoms with E-state index in [-0.39, 0.29) is 11.6 Å². The van der Waals surface area contributed by atoms with Gasteiger partial charge in [0.2, 0.25) is 0 Å². The van der Waals surface area contributed by atoms with Gasteiger partial charge in [0.15, 0.2) is 5.82 Å². The van der Waals surface area contributed by atoms with Crippen LogP contribution in [0.15, 0.2) is 0 Å². The lowest BCUT2D eigenvalue weighted by Crippen LogP contribution is -2.66. The van der Waals surface area contributed by atoms with Crippen LogP contribution < -0.4 is 4.90 Å². The predicted molar refractivity (Wildman–Crippen MR) is 165 cm³/mol. The van der Waals surface area contributed by atoms with Gasteiger partial charge < -0.3 is 19.3 Å². The van der Waals surface area contributed by atoms with Gasteiger partial charge >= 0.3 is 6.09 Å². The van der Waals surface area contributed by atoms with Crippen molar-refractivity contribution < 1.29 is 14.3 Å². The van der Waals surface area contributed by atoms with Crippen molar-refractivity contribution in [1.82, 2.24) is 24.5 Å². The lowest BCUT2D eigenvalue weighted by Gasteiger charge is -2.53. The molecule has 1 aromatic rings. The van der Waals surface area contributed by atoms with Crippen molar-refractivity contribution in [2.24, 2.45) is 5.92 Å². The molecule has 6 heterocycles. The Bertz CT molecular complexity index is 1090. The summed E-state index contributed by atoms with van der Waals surface area (Å²) in [6, 6.07) is 2.54. The molecule has 0 saturated carbocycles. The molecule has 3 atom stereocenters. The van der Waals surface area contributed by atoms with Crippen molar-refractivity contribution in [2.75, 3.05) is 57.4 Å². The summed E-state index contributed by atoms with van der Waals surface area (Å²) in [5.74, 6) is 1.89. The van der Waals surface area contributed by atoms with Crippen molar-refractivity contribution >= 4 is 34.5 Å². The fourth-order valence-corrected chi connectivity index (χ4v) is 8.52. The molecule has 5 aliphatic rings. The van der Waals surface area contributed by atoms with E-state index in [9.17, 15) is 4.79 Å². The maximum Gasteiger partial charge on any atom is 0.410 e. The largest absolute Gasteiger partial charge is 0.444 e. The molecular formula is C30H49IN6O3. The fourth-order valence-electron chi connectivity index (χ4n) is 7.87. The second-order valence-corrected chi connectivity index (χ2v) is 15.6. The first-order valence-electron chi connectivity index (χ1n) is 15.5. The van der Waals surface area contributed by atoms with E-state index in [0.29, 0.717) is 25.2 Å². The van der Waals surface area contributed by atoms with Crippen molar-refractivity contribution in [3.05, 3.63) is 9.26 Å². The molecule has 6 rings (SSSR count). The van der Waals surface area contributed by atoms with E-state index in [1.54, 1.807) is 0 Å². The van der Waals surface area contributed by atoms with Crippen LogP contribution in [-0.4, -0.2) is 112 Å². The first kappa shape index (κ1) is 29.0. The van der Waals surface area contributed by atoms with Crippen molar-refractivity contribution in [2.45, 2.75) is 109 Å². The molecule has 5 aliphatic heterocycles. The van der Waals surface area contributed by atoms with E-state index in [2.05, 4.69) is 62.7 Å². The Labute approximate surface area is 254 Å². The number of rotatable bonds is 5. The first-order chi connectivity index (χ1) is 18.9. The van der Waals surface area contributed by atoms with Gasteiger partial charge in [0.1, 0.15) is 5.60 Å². The molecule has 0 aliphatic carbocycles. The topological polar surface area (TPSA) is 66.3 Å². The zero-order valence-corrected chi connectivity index (χ0v) is 27.5. The normalized spacial score (nSPS) is 30.2. The summed E-state index contributed by atoms with van der Waals surface area (Å²) in [4.78, 5) is 22.5. The molecule has 2 unspecified atom stereocenters. The third-order valence-electron chi connectivity index (χ3n) is 10.1. The van der Waals surface area contributed by atoms with Gasteiger partial charge in [-0.1, -0.05) is 0 Å². The number of ether oxygens (including phenoxy) is 2. The smallest absolute Gasteiger partial charge is 0.410 e. The number of carbonyl (C=O) groups excluding carboxylic acids is 1. The Balaban J connectivity index is 1.05. The zero-order valence-electron chi connectivity index (χ0n) is 25.4. The number of fused-ring (bicyclic) bond motifs is 1. The Morgan fingerprint density at radius 1 is 1.05 bits per heavy atom. The van der Waals surface area contributed by atoms with Crippen molar-refractivity contribution in [3.63, 3.8) is 0 Å². The van der Waals surface area contributed by atoms with Crippen LogP contribution in [0.3, 0.4) is 0 Å². The van der Waals surface area contributed by atoms with E-state index < -0.39 is 5.60 Å². The molecule has 0 N–H and O–H groups in total. The minimum atomic E-state index is -0.460. The van der Waals surface area contributed by atoms with Crippen molar-refractivity contribution in [1.29, 1.82) is 0 Å². The molecule has 0 aromatic carbocycles. The van der Waals surface area contributed by atoms with Gasteiger partial charge in [-0.2, -0.15) is 5.10 Å². The molecule has 0 bridgehead atoms. The Kier molecular flexibility index (Phi) is 7.87. The molecule has 224 valence electrons. The summed E-state index contributed by atoms with van der Waals surface area (Å²) in [5, 5.41) is 5.25. The third-order valence-corrected chi connectivity index (χ3v) is 11.3. The van der Waals surface area contributed by atoms with Gasteiger partial charge in [-0.05, 0) is 102 Å². The highest BCUT2D eigenvalue weighted by Gasteiger charge is 2.50. The summed E-state index contributed by atoms with van der Waals surface area (Å²) in [5.41, 5.74) is 0.862. The van der Waals surface area contributed by atoms with Crippen LogP contribution >= 0.6 is 22.6 Å². The van der Waals surface area contributed by atoms with Gasteiger partial charge in [0.25, 0.3) is 0 Å². The van der Waals surface area contributed by atoms with Crippen LogP contribution in [0.25, 0.3) is 0 Å². The number of amides is 1. The van der Waals surface area contributed by atoms with Crippen LogP contribution in [-0.2, 0) is 9.47 Å². The number of carbonyl (C=O) groups is 1. The monoisotopic (exact) mass is 668 g/mol. The van der Waals surface area contributed by atoms with E-state index in [1.807, 2.05) is 25.7 Å². The van der Waals surface area contributed by atoms with Gasteiger partial charge in [0, 0.05) is 56.9 Å². The molecule has 0 radical (unpaired) electrons. The zero-order chi connectivity index (χ0) is 28.4. The second-order valence-electron chi connectivity index (χ2n) is 14.5. The number of nitrogens with zero attached hydrogens (tertiary/aromatic N) is 6. The molecule has 5 fully saturated rings. The Morgan fingerprint density at radius 3 is 2.40 bits per heavy atom. The minimum Gasteiger partial charge on any atom is -0.444 e. The Hall–Kier alpha value is -1.11. The summed E-state index contributed by atoms with van der Waals surface area (Å²) in [6.07, 6.45) is 5.38. The maximum absolute atomic E-state index is 12.6. The van der Waals surface area contributed by atoms with E-state index in [0.717, 1.165) is 56.4 Å². The molecule has 9 nitrogen and oxygen atoms in total. The van der Waals surface area contributed by atoms with Crippen LogP contribution in [0, 0.1) is 16.4 Å². The predicted octanol–water partition coefficient (Wildman–Crippen LogP) is 4.52. The van der Waals surface area contributed by atoms with E-state index in [4.69, 9.17) is 14.6 Å². The standard InChI is InChI=1S/C30H49IN6O3/c1-20-26(31)27(32-37(20)22-8-11-33(12-9-22)28(38)40-29(2,3)4)36-14-7-21(15-30(36,5)6)16-34-17-25-24(34)10-13-35(25)23-18-39-19-23/h21-25H,7-19H2,1-6H3/t21-,24?,25?/m1/s1. The average molecular weight is 669 g/mol. The molecule has 5 saturated heterocycles. The summed E-state index contributed by atoms with van der Waals surface area (Å²) >= 11 is 2.51. The lowest BCUT2D eigenvalue weighted by atomic mass is 9.81. The molecule has 40 heavy (non-hydrogen) atoms. The number of piperidine rings is 2. The summed E-state index contributed by atoms with van der Waals surface area (Å²) in [7, 11) is 0. The second kappa shape index (κ2) is 10.9. The number of hydrogen-bond acceptors (Lipinski definition) is 7. The average Bonchev–Trinajstić information content (AvgIpc) is 3.31. The maximum atomic E-state index is 12.6.